The van der Waals surface area contributed by atoms with Crippen LogP contribution in [0.2, 0.25) is 0 Å². The molecule has 0 radical (unpaired) electrons. The fraction of sp³-hybridized carbons (Fsp3) is 0.333. The Morgan fingerprint density at radius 2 is 2.33 bits per heavy atom. The summed E-state index contributed by atoms with van der Waals surface area (Å²) < 4.78 is 4.91. The molecule has 1 fully saturated rings. The molecule has 0 aliphatic carbocycles. The lowest BCUT2D eigenvalue weighted by atomic mass is 10.2. The second kappa shape index (κ2) is 3.82. The summed E-state index contributed by atoms with van der Waals surface area (Å²) >= 11 is 0. The summed E-state index contributed by atoms with van der Waals surface area (Å²) in [6, 6.07) is 0. The van der Waals surface area contributed by atoms with Crippen molar-refractivity contribution in [2.45, 2.75) is 12.2 Å². The molecule has 0 saturated carbocycles. The minimum atomic E-state index is -0.975. The van der Waals surface area contributed by atoms with Crippen LogP contribution in [0.25, 0.3) is 0 Å². The Labute approximate surface area is 70.7 Å². The minimum Gasteiger partial charge on any atom is -0.492 e. The highest BCUT2D eigenvalue weighted by Gasteiger charge is 2.29. The van der Waals surface area contributed by atoms with Crippen molar-refractivity contribution in [2.75, 3.05) is 6.61 Å². The van der Waals surface area contributed by atoms with Crippen molar-refractivity contribution in [1.29, 1.82) is 0 Å². The first-order valence-electron chi connectivity index (χ1n) is 3.41. The Kier molecular flexibility index (Phi) is 2.76. The van der Waals surface area contributed by atoms with Crippen molar-refractivity contribution in [3.05, 3.63) is 11.8 Å². The van der Waals surface area contributed by atoms with E-state index in [-0.39, 0.29) is 12.4 Å². The molecule has 0 spiro atoms. The van der Waals surface area contributed by atoms with Crippen LogP contribution in [0, 0.1) is 24.2 Å². The van der Waals surface area contributed by atoms with Crippen LogP contribution in [0.4, 0.5) is 0 Å². The van der Waals surface area contributed by atoms with E-state index in [0.29, 0.717) is 0 Å². The third-order valence-electron chi connectivity index (χ3n) is 1.44. The van der Waals surface area contributed by atoms with Crippen LogP contribution in [-0.2, 0) is 4.74 Å². The second-order valence-electron chi connectivity index (χ2n) is 2.28. The van der Waals surface area contributed by atoms with Crippen LogP contribution < -0.4 is 0 Å². The van der Waals surface area contributed by atoms with Crippen molar-refractivity contribution in [3.63, 3.8) is 0 Å². The Morgan fingerprint density at radius 1 is 1.58 bits per heavy atom. The molecule has 62 valence electrons. The second-order valence-corrected chi connectivity index (χ2v) is 2.28. The van der Waals surface area contributed by atoms with Crippen molar-refractivity contribution < 1.29 is 14.9 Å². The van der Waals surface area contributed by atoms with Crippen LogP contribution in [0.3, 0.4) is 0 Å². The van der Waals surface area contributed by atoms with Gasteiger partial charge in [-0.15, -0.1) is 6.42 Å². The summed E-state index contributed by atoms with van der Waals surface area (Å²) in [5.41, 5.74) is 0. The van der Waals surface area contributed by atoms with E-state index in [2.05, 4.69) is 17.8 Å². The van der Waals surface area contributed by atoms with Crippen LogP contribution in [0.1, 0.15) is 0 Å². The molecule has 0 bridgehead atoms. The predicted molar refractivity (Wildman–Crippen MR) is 42.7 cm³/mol. The molecule has 1 rings (SSSR count). The molecule has 2 atom stereocenters. The van der Waals surface area contributed by atoms with Crippen LogP contribution >= 0.6 is 0 Å². The van der Waals surface area contributed by atoms with Crippen LogP contribution in [0.5, 0.6) is 0 Å². The summed E-state index contributed by atoms with van der Waals surface area (Å²) in [6.07, 6.45) is 4.40. The number of allylic oxidation sites excluding steroid dienone is 1. The molecule has 3 nitrogen and oxygen atoms in total. The van der Waals surface area contributed by atoms with Crippen molar-refractivity contribution in [2.24, 2.45) is 0 Å². The third-order valence-corrected chi connectivity index (χ3v) is 1.44. The Balaban J connectivity index is 2.66. The van der Waals surface area contributed by atoms with E-state index < -0.39 is 12.2 Å². The lowest BCUT2D eigenvalue weighted by Gasteiger charge is -2.01. The fourth-order valence-corrected chi connectivity index (χ4v) is 0.824. The highest BCUT2D eigenvalue weighted by Crippen LogP contribution is 2.16. The fourth-order valence-electron chi connectivity index (χ4n) is 0.824. The zero-order chi connectivity index (χ0) is 8.97. The smallest absolute Gasteiger partial charge is 0.141 e. The first-order valence-corrected chi connectivity index (χ1v) is 3.41. The SMILES string of the molecule is C#CC#CC=C1OCC(O)C1O. The van der Waals surface area contributed by atoms with Crippen LogP contribution in [0.15, 0.2) is 11.8 Å². The van der Waals surface area contributed by atoms with Gasteiger partial charge in [-0.05, 0) is 11.8 Å². The monoisotopic (exact) mass is 164 g/mol. The quantitative estimate of drug-likeness (QED) is 0.463. The zero-order valence-corrected chi connectivity index (χ0v) is 6.32. The molecule has 12 heavy (non-hydrogen) atoms. The van der Waals surface area contributed by atoms with E-state index >= 15 is 0 Å². The largest absolute Gasteiger partial charge is 0.492 e. The maximum atomic E-state index is 9.19. The summed E-state index contributed by atoms with van der Waals surface area (Å²) in [5.74, 6) is 7.20. The molecule has 2 unspecified atom stereocenters. The van der Waals surface area contributed by atoms with Gasteiger partial charge in [0.2, 0.25) is 0 Å². The van der Waals surface area contributed by atoms with Gasteiger partial charge in [-0.2, -0.15) is 0 Å². The van der Waals surface area contributed by atoms with Gasteiger partial charge in [-0.3, -0.25) is 0 Å². The highest BCUT2D eigenvalue weighted by atomic mass is 16.5. The van der Waals surface area contributed by atoms with Gasteiger partial charge in [0.25, 0.3) is 0 Å². The summed E-state index contributed by atoms with van der Waals surface area (Å²) in [5, 5.41) is 18.2. The van der Waals surface area contributed by atoms with E-state index in [1.807, 2.05) is 0 Å². The number of aliphatic hydroxyl groups is 2. The van der Waals surface area contributed by atoms with E-state index in [1.165, 1.54) is 6.08 Å². The molecule has 1 heterocycles. The molecule has 2 N–H and O–H groups in total. The molecule has 1 saturated heterocycles. The molecule has 0 amide bonds. The lowest BCUT2D eigenvalue weighted by molar-refractivity contribution is 0.0641. The summed E-state index contributed by atoms with van der Waals surface area (Å²) in [4.78, 5) is 0. The minimum absolute atomic E-state index is 0.102. The van der Waals surface area contributed by atoms with Gasteiger partial charge in [-0.1, -0.05) is 5.92 Å². The molecule has 1 aliphatic rings. The zero-order valence-electron chi connectivity index (χ0n) is 6.32. The normalized spacial score (nSPS) is 30.2. The van der Waals surface area contributed by atoms with Gasteiger partial charge >= 0.3 is 0 Å². The molecule has 1 aliphatic heterocycles. The van der Waals surface area contributed by atoms with Crippen molar-refractivity contribution in [1.82, 2.24) is 0 Å². The number of ether oxygens (including phenoxy) is 1. The predicted octanol–water partition coefficient (Wildman–Crippen LogP) is -0.741. The Hall–Kier alpha value is -1.42. The molecule has 0 aromatic heterocycles. The van der Waals surface area contributed by atoms with Crippen molar-refractivity contribution >= 4 is 0 Å². The summed E-state index contributed by atoms with van der Waals surface area (Å²) in [7, 11) is 0. The van der Waals surface area contributed by atoms with Gasteiger partial charge in [0.1, 0.15) is 24.6 Å². The van der Waals surface area contributed by atoms with Gasteiger partial charge in [0, 0.05) is 6.08 Å². The highest BCUT2D eigenvalue weighted by molar-refractivity contribution is 5.30. The topological polar surface area (TPSA) is 49.7 Å². The third kappa shape index (κ3) is 1.79. The van der Waals surface area contributed by atoms with E-state index in [9.17, 15) is 5.11 Å². The molecular weight excluding hydrogens is 156 g/mol. The summed E-state index contributed by atoms with van der Waals surface area (Å²) in [6.45, 7) is 0.102. The standard InChI is InChI=1S/C9H8O3/c1-2-3-4-5-8-9(11)7(10)6-12-8/h1,5,7,9-11H,6H2. The first kappa shape index (κ1) is 8.67. The Morgan fingerprint density at radius 3 is 2.83 bits per heavy atom. The number of hydrogen-bond acceptors (Lipinski definition) is 3. The van der Waals surface area contributed by atoms with Gasteiger partial charge < -0.3 is 14.9 Å². The van der Waals surface area contributed by atoms with E-state index in [1.54, 1.807) is 0 Å². The van der Waals surface area contributed by atoms with E-state index in [0.717, 1.165) is 0 Å². The van der Waals surface area contributed by atoms with E-state index in [4.69, 9.17) is 16.3 Å². The average Bonchev–Trinajstić information content (AvgIpc) is 2.36. The maximum Gasteiger partial charge on any atom is 0.141 e. The van der Waals surface area contributed by atoms with Crippen LogP contribution in [-0.4, -0.2) is 29.0 Å². The number of terminal acetylenes is 1. The number of rotatable bonds is 0. The molecule has 0 aromatic carbocycles. The van der Waals surface area contributed by atoms with Gasteiger partial charge in [0.05, 0.1) is 0 Å². The Bertz CT molecular complexity index is 287. The molecule has 3 heteroatoms. The average molecular weight is 164 g/mol. The maximum absolute atomic E-state index is 9.19. The van der Waals surface area contributed by atoms with Crippen molar-refractivity contribution in [3.8, 4) is 24.2 Å². The number of hydrogen-bond donors (Lipinski definition) is 2. The molecule has 0 aromatic rings. The lowest BCUT2D eigenvalue weighted by Crippen LogP contribution is -2.21. The number of aliphatic hydroxyl groups excluding tert-OH is 2. The van der Waals surface area contributed by atoms with Gasteiger partial charge in [0.15, 0.2) is 0 Å². The first-order chi connectivity index (χ1) is 5.75. The molecular formula is C9H8O3. The van der Waals surface area contributed by atoms with Gasteiger partial charge in [-0.25, -0.2) is 0 Å².